The number of nitrogens with zero attached hydrogens (tertiary/aromatic N) is 1. The van der Waals surface area contributed by atoms with Crippen molar-refractivity contribution in [3.8, 4) is 5.75 Å². The third-order valence-electron chi connectivity index (χ3n) is 4.75. The van der Waals surface area contributed by atoms with E-state index in [0.717, 1.165) is 39.0 Å². The van der Waals surface area contributed by atoms with Crippen molar-refractivity contribution < 1.29 is 13.9 Å². The number of likely N-dealkylation sites (tertiary alicyclic amines) is 1. The molecular formula is C16H21Cl2FN2O2. The molecule has 1 amide bonds. The molecule has 0 aliphatic carbocycles. The van der Waals surface area contributed by atoms with Gasteiger partial charge in [0.15, 0.2) is 6.61 Å². The molecule has 0 atom stereocenters. The molecule has 1 aromatic rings. The van der Waals surface area contributed by atoms with Crippen LogP contribution in [0.2, 0.25) is 5.02 Å². The number of piperidine rings is 1. The summed E-state index contributed by atoms with van der Waals surface area (Å²) in [5.74, 6) is -0.124. The second-order valence-corrected chi connectivity index (χ2v) is 6.58. The Hall–Kier alpha value is -1.04. The van der Waals surface area contributed by atoms with Crippen LogP contribution in [0.15, 0.2) is 18.2 Å². The third-order valence-corrected chi connectivity index (χ3v) is 5.05. The molecule has 2 aliphatic heterocycles. The van der Waals surface area contributed by atoms with Gasteiger partial charge in [0.1, 0.15) is 11.6 Å². The molecule has 7 heteroatoms. The molecule has 0 radical (unpaired) electrons. The normalized spacial score (nSPS) is 19.5. The van der Waals surface area contributed by atoms with Gasteiger partial charge in [-0.25, -0.2) is 4.39 Å². The molecule has 4 nitrogen and oxygen atoms in total. The predicted octanol–water partition coefficient (Wildman–Crippen LogP) is 2.88. The van der Waals surface area contributed by atoms with Crippen LogP contribution < -0.4 is 10.1 Å². The average molecular weight is 363 g/mol. The van der Waals surface area contributed by atoms with E-state index in [1.807, 2.05) is 4.90 Å². The van der Waals surface area contributed by atoms with Crippen LogP contribution >= 0.6 is 24.0 Å². The van der Waals surface area contributed by atoms with Gasteiger partial charge in [0.05, 0.1) is 5.02 Å². The Labute approximate surface area is 146 Å². The number of halogens is 3. The largest absolute Gasteiger partial charge is 0.482 e. The highest BCUT2D eigenvalue weighted by atomic mass is 35.5. The summed E-state index contributed by atoms with van der Waals surface area (Å²) in [5.41, 5.74) is 0.387. The van der Waals surface area contributed by atoms with Crippen LogP contribution in [0.3, 0.4) is 0 Å². The summed E-state index contributed by atoms with van der Waals surface area (Å²) in [4.78, 5) is 14.1. The quantitative estimate of drug-likeness (QED) is 0.898. The number of carbonyl (C=O) groups excluding carboxylic acids is 1. The van der Waals surface area contributed by atoms with Crippen LogP contribution in [0.5, 0.6) is 5.75 Å². The molecule has 0 saturated carbocycles. The van der Waals surface area contributed by atoms with Crippen LogP contribution in [0.1, 0.15) is 19.3 Å². The zero-order chi connectivity index (χ0) is 15.6. The van der Waals surface area contributed by atoms with Gasteiger partial charge >= 0.3 is 0 Å². The summed E-state index contributed by atoms with van der Waals surface area (Å²) >= 11 is 5.88. The second kappa shape index (κ2) is 7.69. The standard InChI is InChI=1S/C16H20ClFN2O2.ClH/c17-13-9-12(18)1-2-14(13)22-10-15(21)20-7-4-16(5-8-20)3-6-19-11-16;/h1-2,9,19H,3-8,10-11H2;1H. The van der Waals surface area contributed by atoms with Gasteiger partial charge in [-0.1, -0.05) is 11.6 Å². The van der Waals surface area contributed by atoms with Crippen LogP contribution in [0.25, 0.3) is 0 Å². The average Bonchev–Trinajstić information content (AvgIpc) is 2.95. The summed E-state index contributed by atoms with van der Waals surface area (Å²) in [7, 11) is 0. The van der Waals surface area contributed by atoms with Gasteiger partial charge in [-0.15, -0.1) is 12.4 Å². The number of amides is 1. The molecule has 3 rings (SSSR count). The number of hydrogen-bond acceptors (Lipinski definition) is 3. The minimum absolute atomic E-state index is 0. The first-order valence-electron chi connectivity index (χ1n) is 7.64. The Morgan fingerprint density at radius 1 is 1.35 bits per heavy atom. The fourth-order valence-electron chi connectivity index (χ4n) is 3.28. The molecule has 1 aromatic carbocycles. The van der Waals surface area contributed by atoms with E-state index in [9.17, 15) is 9.18 Å². The van der Waals surface area contributed by atoms with E-state index in [4.69, 9.17) is 16.3 Å². The highest BCUT2D eigenvalue weighted by molar-refractivity contribution is 6.32. The van der Waals surface area contributed by atoms with Crippen LogP contribution in [-0.2, 0) is 4.79 Å². The Bertz CT molecular complexity index is 555. The topological polar surface area (TPSA) is 41.6 Å². The van der Waals surface area contributed by atoms with E-state index in [1.165, 1.54) is 24.6 Å². The fraction of sp³-hybridized carbons (Fsp3) is 0.562. The fourth-order valence-corrected chi connectivity index (χ4v) is 3.50. The van der Waals surface area contributed by atoms with Gasteiger partial charge in [0, 0.05) is 19.6 Å². The molecule has 1 spiro atoms. The van der Waals surface area contributed by atoms with Crippen LogP contribution in [0, 0.1) is 11.2 Å². The zero-order valence-corrected chi connectivity index (χ0v) is 14.4. The lowest BCUT2D eigenvalue weighted by Crippen LogP contribution is -2.45. The highest BCUT2D eigenvalue weighted by Crippen LogP contribution is 2.36. The Morgan fingerprint density at radius 3 is 2.70 bits per heavy atom. The first kappa shape index (κ1) is 18.3. The summed E-state index contributed by atoms with van der Waals surface area (Å²) in [5, 5.41) is 3.59. The number of carbonyl (C=O) groups is 1. The van der Waals surface area contributed by atoms with Crippen LogP contribution in [0.4, 0.5) is 4.39 Å². The smallest absolute Gasteiger partial charge is 0.260 e. The van der Waals surface area contributed by atoms with E-state index in [-0.39, 0.29) is 29.9 Å². The maximum atomic E-state index is 13.0. The molecule has 0 aromatic heterocycles. The predicted molar refractivity (Wildman–Crippen MR) is 89.9 cm³/mol. The lowest BCUT2D eigenvalue weighted by atomic mass is 9.78. The Balaban J connectivity index is 0.00000192. The summed E-state index contributed by atoms with van der Waals surface area (Å²) in [6.07, 6.45) is 3.29. The lowest BCUT2D eigenvalue weighted by molar-refractivity contribution is -0.135. The summed E-state index contributed by atoms with van der Waals surface area (Å²) in [6.45, 7) is 3.65. The minimum Gasteiger partial charge on any atom is -0.482 e. The molecule has 128 valence electrons. The van der Waals surface area contributed by atoms with Gasteiger partial charge in [-0.05, 0) is 49.4 Å². The van der Waals surface area contributed by atoms with Gasteiger partial charge in [-0.3, -0.25) is 4.79 Å². The van der Waals surface area contributed by atoms with E-state index in [2.05, 4.69) is 5.32 Å². The van der Waals surface area contributed by atoms with Gasteiger partial charge in [0.2, 0.25) is 0 Å². The van der Waals surface area contributed by atoms with E-state index in [1.54, 1.807) is 0 Å². The maximum Gasteiger partial charge on any atom is 0.260 e. The number of rotatable bonds is 3. The monoisotopic (exact) mass is 362 g/mol. The molecule has 0 bridgehead atoms. The third kappa shape index (κ3) is 4.28. The Morgan fingerprint density at radius 2 is 2.09 bits per heavy atom. The highest BCUT2D eigenvalue weighted by Gasteiger charge is 2.38. The number of benzene rings is 1. The molecule has 23 heavy (non-hydrogen) atoms. The first-order valence-corrected chi connectivity index (χ1v) is 8.02. The zero-order valence-electron chi connectivity index (χ0n) is 12.8. The van der Waals surface area contributed by atoms with Gasteiger partial charge in [0.25, 0.3) is 5.91 Å². The van der Waals surface area contributed by atoms with Crippen molar-refractivity contribution >= 4 is 29.9 Å². The van der Waals surface area contributed by atoms with E-state index < -0.39 is 5.82 Å². The van der Waals surface area contributed by atoms with E-state index in [0.29, 0.717) is 11.2 Å². The minimum atomic E-state index is -0.421. The molecule has 2 aliphatic rings. The molecule has 2 fully saturated rings. The van der Waals surface area contributed by atoms with Gasteiger partial charge < -0.3 is 15.0 Å². The summed E-state index contributed by atoms with van der Waals surface area (Å²) in [6, 6.07) is 3.89. The molecule has 1 N–H and O–H groups in total. The van der Waals surface area contributed by atoms with Crippen molar-refractivity contribution in [2.45, 2.75) is 19.3 Å². The number of hydrogen-bond donors (Lipinski definition) is 1. The van der Waals surface area contributed by atoms with Crippen molar-refractivity contribution in [1.29, 1.82) is 0 Å². The number of ether oxygens (including phenoxy) is 1. The Kier molecular flexibility index (Phi) is 6.12. The molecule has 0 unspecified atom stereocenters. The molecule has 2 heterocycles. The van der Waals surface area contributed by atoms with Crippen molar-refractivity contribution in [2.24, 2.45) is 5.41 Å². The number of nitrogens with one attached hydrogen (secondary N) is 1. The second-order valence-electron chi connectivity index (χ2n) is 6.17. The van der Waals surface area contributed by atoms with Crippen molar-refractivity contribution in [2.75, 3.05) is 32.8 Å². The van der Waals surface area contributed by atoms with Crippen LogP contribution in [-0.4, -0.2) is 43.6 Å². The van der Waals surface area contributed by atoms with Crippen molar-refractivity contribution in [3.63, 3.8) is 0 Å². The van der Waals surface area contributed by atoms with E-state index >= 15 is 0 Å². The van der Waals surface area contributed by atoms with Crippen molar-refractivity contribution in [1.82, 2.24) is 10.2 Å². The molecule has 2 saturated heterocycles. The SMILES string of the molecule is Cl.O=C(COc1ccc(F)cc1Cl)N1CCC2(CCNC2)CC1. The molecular weight excluding hydrogens is 342 g/mol. The maximum absolute atomic E-state index is 13.0. The summed E-state index contributed by atoms with van der Waals surface area (Å²) < 4.78 is 18.4. The van der Waals surface area contributed by atoms with Crippen molar-refractivity contribution in [3.05, 3.63) is 29.0 Å². The van der Waals surface area contributed by atoms with Gasteiger partial charge in [-0.2, -0.15) is 0 Å². The first-order chi connectivity index (χ1) is 10.6. The lowest BCUT2D eigenvalue weighted by Gasteiger charge is -2.38.